The summed E-state index contributed by atoms with van der Waals surface area (Å²) in [6.07, 6.45) is 1.90. The fourth-order valence-electron chi connectivity index (χ4n) is 2.24. The number of hydrogen-bond donors (Lipinski definition) is 1. The maximum atomic E-state index is 5.76. The molecule has 2 aromatic rings. The largest absolute Gasteiger partial charge is 0.385 e. The summed E-state index contributed by atoms with van der Waals surface area (Å²) in [6, 6.07) is 10.3. The normalized spacial score (nSPS) is 11.0. The van der Waals surface area contributed by atoms with Crippen LogP contribution in [0.5, 0.6) is 0 Å². The summed E-state index contributed by atoms with van der Waals surface area (Å²) in [5.41, 5.74) is 9.19. The number of aryl methyl sites for hydroxylation is 1. The van der Waals surface area contributed by atoms with E-state index in [4.69, 9.17) is 15.6 Å². The summed E-state index contributed by atoms with van der Waals surface area (Å²) in [5, 5.41) is 5.92. The molecule has 0 saturated carbocycles. The number of benzene rings is 1. The van der Waals surface area contributed by atoms with Gasteiger partial charge in [0, 0.05) is 25.0 Å². The number of nitrogens with zero attached hydrogens (tertiary/aromatic N) is 2. The van der Waals surface area contributed by atoms with E-state index in [0.29, 0.717) is 6.54 Å². The van der Waals surface area contributed by atoms with Gasteiger partial charge in [-0.15, -0.1) is 11.8 Å². The highest BCUT2D eigenvalue weighted by Crippen LogP contribution is 2.29. The number of ether oxygens (including phenoxy) is 1. The number of hydrogen-bond acceptors (Lipinski definition) is 4. The third kappa shape index (κ3) is 4.09. The van der Waals surface area contributed by atoms with Crippen molar-refractivity contribution in [1.29, 1.82) is 0 Å². The Hall–Kier alpha value is -1.30. The molecule has 0 aliphatic heterocycles. The number of para-hydroxylation sites is 1. The van der Waals surface area contributed by atoms with Crippen LogP contribution in [0.15, 0.2) is 35.4 Å². The number of aromatic nitrogens is 2. The topological polar surface area (TPSA) is 53.1 Å². The maximum absolute atomic E-state index is 5.76. The minimum absolute atomic E-state index is 0.646. The van der Waals surface area contributed by atoms with E-state index in [1.165, 1.54) is 10.6 Å². The van der Waals surface area contributed by atoms with E-state index in [-0.39, 0.29) is 0 Å². The molecule has 114 valence electrons. The van der Waals surface area contributed by atoms with Crippen molar-refractivity contribution in [2.45, 2.75) is 24.8 Å². The SMILES string of the molecule is COCCCSc1c(CCN)c(C)nn1-c1ccccc1. The van der Waals surface area contributed by atoms with Gasteiger partial charge < -0.3 is 10.5 Å². The lowest BCUT2D eigenvalue weighted by Crippen LogP contribution is -2.05. The molecule has 1 aromatic carbocycles. The molecular formula is C16H23N3OS. The number of thioether (sulfide) groups is 1. The third-order valence-corrected chi connectivity index (χ3v) is 4.45. The van der Waals surface area contributed by atoms with Crippen LogP contribution in [0.2, 0.25) is 0 Å². The van der Waals surface area contributed by atoms with Gasteiger partial charge in [-0.3, -0.25) is 0 Å². The van der Waals surface area contributed by atoms with Crippen LogP contribution in [-0.4, -0.2) is 35.8 Å². The van der Waals surface area contributed by atoms with Gasteiger partial charge >= 0.3 is 0 Å². The Kier molecular flexibility index (Phi) is 6.29. The zero-order valence-corrected chi connectivity index (χ0v) is 13.5. The zero-order valence-electron chi connectivity index (χ0n) is 12.7. The van der Waals surface area contributed by atoms with Gasteiger partial charge in [0.05, 0.1) is 11.4 Å². The Balaban J connectivity index is 2.28. The van der Waals surface area contributed by atoms with Gasteiger partial charge in [-0.2, -0.15) is 5.10 Å². The highest BCUT2D eigenvalue weighted by Gasteiger charge is 2.16. The van der Waals surface area contributed by atoms with Gasteiger partial charge in [-0.25, -0.2) is 4.68 Å². The second kappa shape index (κ2) is 8.22. The van der Waals surface area contributed by atoms with Crippen LogP contribution in [0.1, 0.15) is 17.7 Å². The monoisotopic (exact) mass is 305 g/mol. The molecule has 21 heavy (non-hydrogen) atoms. The molecule has 0 fully saturated rings. The van der Waals surface area contributed by atoms with E-state index in [1.54, 1.807) is 7.11 Å². The molecule has 0 bridgehead atoms. The lowest BCUT2D eigenvalue weighted by molar-refractivity contribution is 0.200. The van der Waals surface area contributed by atoms with Crippen molar-refractivity contribution < 1.29 is 4.74 Å². The quantitative estimate of drug-likeness (QED) is 0.602. The van der Waals surface area contributed by atoms with E-state index in [2.05, 4.69) is 19.1 Å². The molecule has 2 rings (SSSR count). The number of methoxy groups -OCH3 is 1. The molecule has 0 amide bonds. The molecule has 0 aliphatic carbocycles. The minimum atomic E-state index is 0.646. The molecule has 0 atom stereocenters. The van der Waals surface area contributed by atoms with Crippen LogP contribution in [0.25, 0.3) is 5.69 Å². The van der Waals surface area contributed by atoms with E-state index < -0.39 is 0 Å². The second-order valence-corrected chi connectivity index (χ2v) is 5.93. The second-order valence-electron chi connectivity index (χ2n) is 4.85. The third-order valence-electron chi connectivity index (χ3n) is 3.26. The molecule has 0 aliphatic rings. The van der Waals surface area contributed by atoms with Crippen LogP contribution >= 0.6 is 11.8 Å². The van der Waals surface area contributed by atoms with Gasteiger partial charge in [-0.1, -0.05) is 18.2 Å². The van der Waals surface area contributed by atoms with Crippen LogP contribution in [0, 0.1) is 6.92 Å². The van der Waals surface area contributed by atoms with Gasteiger partial charge in [0.2, 0.25) is 0 Å². The highest BCUT2D eigenvalue weighted by atomic mass is 32.2. The van der Waals surface area contributed by atoms with Gasteiger partial charge in [0.15, 0.2) is 0 Å². The van der Waals surface area contributed by atoms with E-state index in [0.717, 1.165) is 36.6 Å². The summed E-state index contributed by atoms with van der Waals surface area (Å²) in [6.45, 7) is 3.49. The number of nitrogens with two attached hydrogens (primary N) is 1. The first-order chi connectivity index (χ1) is 10.3. The Morgan fingerprint density at radius 3 is 2.71 bits per heavy atom. The maximum Gasteiger partial charge on any atom is 0.103 e. The summed E-state index contributed by atoms with van der Waals surface area (Å²) >= 11 is 1.83. The highest BCUT2D eigenvalue weighted by molar-refractivity contribution is 7.99. The van der Waals surface area contributed by atoms with E-state index in [9.17, 15) is 0 Å². The van der Waals surface area contributed by atoms with E-state index in [1.807, 2.05) is 34.6 Å². The van der Waals surface area contributed by atoms with Crippen molar-refractivity contribution in [1.82, 2.24) is 9.78 Å². The fraction of sp³-hybridized carbons (Fsp3) is 0.438. The Morgan fingerprint density at radius 1 is 1.29 bits per heavy atom. The van der Waals surface area contributed by atoms with Crippen LogP contribution < -0.4 is 5.73 Å². The summed E-state index contributed by atoms with van der Waals surface area (Å²) in [5.74, 6) is 1.02. The van der Waals surface area contributed by atoms with Crippen molar-refractivity contribution in [3.63, 3.8) is 0 Å². The van der Waals surface area contributed by atoms with Crippen LogP contribution in [0.4, 0.5) is 0 Å². The lowest BCUT2D eigenvalue weighted by Gasteiger charge is -2.09. The molecule has 1 aromatic heterocycles. The van der Waals surface area contributed by atoms with Gasteiger partial charge in [-0.05, 0) is 38.4 Å². The summed E-state index contributed by atoms with van der Waals surface area (Å²) in [4.78, 5) is 0. The van der Waals surface area contributed by atoms with E-state index >= 15 is 0 Å². The van der Waals surface area contributed by atoms with Crippen molar-refractivity contribution in [3.8, 4) is 5.69 Å². The molecule has 0 spiro atoms. The molecule has 2 N–H and O–H groups in total. The van der Waals surface area contributed by atoms with Crippen LogP contribution in [-0.2, 0) is 11.2 Å². The molecule has 1 heterocycles. The van der Waals surface area contributed by atoms with Crippen molar-refractivity contribution in [2.75, 3.05) is 26.0 Å². The molecule has 0 saturated heterocycles. The van der Waals surface area contributed by atoms with Gasteiger partial charge in [0.1, 0.15) is 5.03 Å². The minimum Gasteiger partial charge on any atom is -0.385 e. The first-order valence-corrected chi connectivity index (χ1v) is 8.22. The first kappa shape index (κ1) is 16.1. The average Bonchev–Trinajstić information content (AvgIpc) is 2.82. The molecule has 4 nitrogen and oxygen atoms in total. The Morgan fingerprint density at radius 2 is 2.05 bits per heavy atom. The Bertz CT molecular complexity index is 554. The number of rotatable bonds is 8. The van der Waals surface area contributed by atoms with Crippen molar-refractivity contribution in [2.24, 2.45) is 5.73 Å². The van der Waals surface area contributed by atoms with Crippen molar-refractivity contribution in [3.05, 3.63) is 41.6 Å². The fourth-order valence-corrected chi connectivity index (χ4v) is 3.38. The van der Waals surface area contributed by atoms with Crippen LogP contribution in [0.3, 0.4) is 0 Å². The van der Waals surface area contributed by atoms with Crippen molar-refractivity contribution >= 4 is 11.8 Å². The zero-order chi connectivity index (χ0) is 15.1. The summed E-state index contributed by atoms with van der Waals surface area (Å²) < 4.78 is 7.16. The Labute approximate surface area is 130 Å². The standard InChI is InChI=1S/C16H23N3OS/c1-13-15(9-10-17)16(21-12-6-11-20-2)19(18-13)14-7-4-3-5-8-14/h3-5,7-8H,6,9-12,17H2,1-2H3. The molecule has 0 radical (unpaired) electrons. The molecule has 5 heteroatoms. The molecular weight excluding hydrogens is 282 g/mol. The molecule has 0 unspecified atom stereocenters. The first-order valence-electron chi connectivity index (χ1n) is 7.23. The summed E-state index contributed by atoms with van der Waals surface area (Å²) in [7, 11) is 1.74. The smallest absolute Gasteiger partial charge is 0.103 e. The van der Waals surface area contributed by atoms with Gasteiger partial charge in [0.25, 0.3) is 0 Å². The lowest BCUT2D eigenvalue weighted by atomic mass is 10.2. The average molecular weight is 305 g/mol. The predicted molar refractivity (Wildman–Crippen MR) is 88.3 cm³/mol. The predicted octanol–water partition coefficient (Wildman–Crippen LogP) is 2.81.